The van der Waals surface area contributed by atoms with Crippen molar-refractivity contribution in [2.75, 3.05) is 11.4 Å². The molecule has 1 aliphatic rings. The molecule has 0 unspecified atom stereocenters. The molecule has 1 amide bonds. The quantitative estimate of drug-likeness (QED) is 0.717. The third kappa shape index (κ3) is 4.72. The Kier molecular flexibility index (Phi) is 5.74. The highest BCUT2D eigenvalue weighted by atomic mass is 32.2. The minimum Gasteiger partial charge on any atom is -0.507 e. The molecule has 1 aromatic heterocycles. The molecule has 146 valence electrons. The summed E-state index contributed by atoms with van der Waals surface area (Å²) >= 11 is 1.61. The molecule has 0 spiro atoms. The third-order valence-corrected chi connectivity index (χ3v) is 5.12. The van der Waals surface area contributed by atoms with Gasteiger partial charge in [0, 0.05) is 23.1 Å². The number of nitrogens with zero attached hydrogens (tertiary/aromatic N) is 2. The first kappa shape index (κ1) is 19.9. The van der Waals surface area contributed by atoms with Crippen molar-refractivity contribution in [3.8, 4) is 5.75 Å². The van der Waals surface area contributed by atoms with Crippen molar-refractivity contribution in [1.82, 2.24) is 10.3 Å². The van der Waals surface area contributed by atoms with E-state index in [4.69, 9.17) is 0 Å². The number of hydrogen-bond acceptors (Lipinski definition) is 5. The number of carbonyl (C=O) groups excluding carboxylic acids is 1. The highest BCUT2D eigenvalue weighted by Crippen LogP contribution is 2.40. The van der Waals surface area contributed by atoms with Gasteiger partial charge in [0.25, 0.3) is 5.91 Å². The number of pyridine rings is 1. The highest BCUT2D eigenvalue weighted by molar-refractivity contribution is 8.07. The lowest BCUT2D eigenvalue weighted by Gasteiger charge is -2.25. The van der Waals surface area contributed by atoms with Gasteiger partial charge < -0.3 is 15.3 Å². The second kappa shape index (κ2) is 8.06. The van der Waals surface area contributed by atoms with Gasteiger partial charge in [0.15, 0.2) is 0 Å². The molecular formula is C21H22FN3O2S. The van der Waals surface area contributed by atoms with E-state index in [0.29, 0.717) is 6.54 Å². The number of hydrogen-bond donors (Lipinski definition) is 2. The van der Waals surface area contributed by atoms with Gasteiger partial charge in [-0.15, -0.1) is 0 Å². The largest absolute Gasteiger partial charge is 0.507 e. The van der Waals surface area contributed by atoms with Crippen molar-refractivity contribution in [2.45, 2.75) is 20.8 Å². The van der Waals surface area contributed by atoms with Crippen LogP contribution < -0.4 is 10.2 Å². The lowest BCUT2D eigenvalue weighted by molar-refractivity contribution is 0.0940. The smallest absolute Gasteiger partial charge is 0.255 e. The Morgan fingerprint density at radius 2 is 2.07 bits per heavy atom. The minimum absolute atomic E-state index is 0.0441. The van der Waals surface area contributed by atoms with Crippen LogP contribution in [0.5, 0.6) is 5.75 Å². The first-order valence-corrected chi connectivity index (χ1v) is 9.63. The van der Waals surface area contributed by atoms with E-state index >= 15 is 0 Å². The summed E-state index contributed by atoms with van der Waals surface area (Å²) in [6.45, 7) is 6.42. The van der Waals surface area contributed by atoms with Crippen LogP contribution in [0.2, 0.25) is 0 Å². The molecule has 0 radical (unpaired) electrons. The fourth-order valence-electron chi connectivity index (χ4n) is 2.75. The number of aromatic nitrogens is 1. The standard InChI is InChI=1S/C21H22FN3O2S/c1-14-12-25(15-8-9-18(22)23-11-15)19(28-14)10-21(2,3)13-24-20(27)16-6-4-5-7-17(16)26/h4-12,26H,13H2,1-3H3,(H,24,27). The van der Waals surface area contributed by atoms with E-state index in [1.165, 1.54) is 18.3 Å². The zero-order chi connectivity index (χ0) is 20.3. The van der Waals surface area contributed by atoms with E-state index in [9.17, 15) is 14.3 Å². The van der Waals surface area contributed by atoms with Crippen molar-refractivity contribution >= 4 is 23.4 Å². The first-order valence-electron chi connectivity index (χ1n) is 8.81. The van der Waals surface area contributed by atoms with Gasteiger partial charge in [-0.05, 0) is 37.3 Å². The molecule has 3 rings (SSSR count). The first-order chi connectivity index (χ1) is 13.2. The maximum absolute atomic E-state index is 13.1. The summed E-state index contributed by atoms with van der Waals surface area (Å²) in [5.74, 6) is -0.885. The number of carbonyl (C=O) groups is 1. The number of para-hydroxylation sites is 1. The molecule has 28 heavy (non-hydrogen) atoms. The zero-order valence-electron chi connectivity index (χ0n) is 15.9. The van der Waals surface area contributed by atoms with Gasteiger partial charge in [-0.2, -0.15) is 4.39 Å². The SMILES string of the molecule is CC1=CN(c2ccc(F)nc2)C(=CC(C)(C)CNC(=O)c2ccccc2O)S1. The van der Waals surface area contributed by atoms with Gasteiger partial charge in [-0.1, -0.05) is 37.7 Å². The Bertz CT molecular complexity index is 939. The van der Waals surface area contributed by atoms with Crippen LogP contribution in [0, 0.1) is 11.4 Å². The second-order valence-electron chi connectivity index (χ2n) is 7.22. The van der Waals surface area contributed by atoms with E-state index in [1.807, 2.05) is 31.9 Å². The zero-order valence-corrected chi connectivity index (χ0v) is 16.8. The number of benzene rings is 1. The molecule has 0 saturated carbocycles. The van der Waals surface area contributed by atoms with E-state index in [0.717, 1.165) is 15.6 Å². The number of phenols is 1. The average molecular weight is 399 g/mol. The molecule has 1 aliphatic heterocycles. The topological polar surface area (TPSA) is 65.5 Å². The van der Waals surface area contributed by atoms with Gasteiger partial charge in [0.1, 0.15) is 5.75 Å². The van der Waals surface area contributed by atoms with Gasteiger partial charge in [-0.3, -0.25) is 4.79 Å². The predicted octanol–water partition coefficient (Wildman–Crippen LogP) is 4.64. The Morgan fingerprint density at radius 1 is 1.32 bits per heavy atom. The molecule has 2 aromatic rings. The Balaban J connectivity index is 1.74. The molecule has 0 bridgehead atoms. The van der Waals surface area contributed by atoms with Crippen LogP contribution in [0.1, 0.15) is 31.1 Å². The molecule has 0 aliphatic carbocycles. The minimum atomic E-state index is -0.519. The molecule has 2 heterocycles. The van der Waals surface area contributed by atoms with Crippen molar-refractivity contribution in [3.05, 3.63) is 76.3 Å². The number of thioether (sulfide) groups is 1. The summed E-state index contributed by atoms with van der Waals surface area (Å²) < 4.78 is 13.1. The maximum atomic E-state index is 13.1. The van der Waals surface area contributed by atoms with E-state index in [2.05, 4.69) is 16.4 Å². The number of aromatic hydroxyl groups is 1. The van der Waals surface area contributed by atoms with Crippen molar-refractivity contribution < 1.29 is 14.3 Å². The van der Waals surface area contributed by atoms with Gasteiger partial charge in [0.05, 0.1) is 22.5 Å². The highest BCUT2D eigenvalue weighted by Gasteiger charge is 2.25. The average Bonchev–Trinajstić information content (AvgIpc) is 3.00. The van der Waals surface area contributed by atoms with Crippen LogP contribution in [0.3, 0.4) is 0 Å². The number of rotatable bonds is 5. The monoisotopic (exact) mass is 399 g/mol. The number of halogens is 1. The third-order valence-electron chi connectivity index (χ3n) is 4.17. The Hall–Kier alpha value is -2.80. The van der Waals surface area contributed by atoms with E-state index < -0.39 is 5.95 Å². The molecule has 2 N–H and O–H groups in total. The number of nitrogens with one attached hydrogen (secondary N) is 1. The lowest BCUT2D eigenvalue weighted by atomic mass is 9.93. The normalized spacial score (nSPS) is 15.6. The van der Waals surface area contributed by atoms with Gasteiger partial charge in [0.2, 0.25) is 5.95 Å². The number of allylic oxidation sites excluding steroid dienone is 1. The lowest BCUT2D eigenvalue weighted by Crippen LogP contribution is -2.33. The van der Waals surface area contributed by atoms with Crippen LogP contribution in [0.15, 0.2) is 64.8 Å². The fraction of sp³-hybridized carbons (Fsp3) is 0.238. The fourth-order valence-corrected chi connectivity index (χ4v) is 3.87. The van der Waals surface area contributed by atoms with E-state index in [-0.39, 0.29) is 22.6 Å². The second-order valence-corrected chi connectivity index (χ2v) is 8.49. The molecule has 7 heteroatoms. The maximum Gasteiger partial charge on any atom is 0.255 e. The summed E-state index contributed by atoms with van der Waals surface area (Å²) in [4.78, 5) is 19.1. The molecule has 0 atom stereocenters. The Morgan fingerprint density at radius 3 is 2.75 bits per heavy atom. The number of amides is 1. The van der Waals surface area contributed by atoms with Crippen molar-refractivity contribution in [1.29, 1.82) is 0 Å². The van der Waals surface area contributed by atoms with Crippen LogP contribution in [0.4, 0.5) is 10.1 Å². The predicted molar refractivity (Wildman–Crippen MR) is 110 cm³/mol. The van der Waals surface area contributed by atoms with Crippen molar-refractivity contribution in [2.24, 2.45) is 5.41 Å². The van der Waals surface area contributed by atoms with Gasteiger partial charge >= 0.3 is 0 Å². The molecule has 0 fully saturated rings. The van der Waals surface area contributed by atoms with Gasteiger partial charge in [-0.25, -0.2) is 4.98 Å². The molecule has 0 saturated heterocycles. The van der Waals surface area contributed by atoms with Crippen molar-refractivity contribution in [3.63, 3.8) is 0 Å². The van der Waals surface area contributed by atoms with Crippen LogP contribution >= 0.6 is 11.8 Å². The molecular weight excluding hydrogens is 377 g/mol. The summed E-state index contributed by atoms with van der Waals surface area (Å²) in [6, 6.07) is 9.46. The summed E-state index contributed by atoms with van der Waals surface area (Å²) in [7, 11) is 0. The van der Waals surface area contributed by atoms with E-state index in [1.54, 1.807) is 36.0 Å². The molecule has 5 nitrogen and oxygen atoms in total. The molecule has 1 aromatic carbocycles. The summed E-state index contributed by atoms with van der Waals surface area (Å²) in [5.41, 5.74) is 0.663. The summed E-state index contributed by atoms with van der Waals surface area (Å²) in [5, 5.41) is 13.7. The Labute approximate surface area is 168 Å². The van der Waals surface area contributed by atoms with Crippen LogP contribution in [-0.4, -0.2) is 22.5 Å². The van der Waals surface area contributed by atoms with Crippen LogP contribution in [-0.2, 0) is 0 Å². The summed E-state index contributed by atoms with van der Waals surface area (Å²) in [6.07, 6.45) is 5.53. The number of phenolic OH excluding ortho intramolecular Hbond substituents is 1. The number of anilines is 1. The van der Waals surface area contributed by atoms with Crippen LogP contribution in [0.25, 0.3) is 0 Å².